The van der Waals surface area contributed by atoms with Crippen molar-refractivity contribution < 1.29 is 18.7 Å². The second-order valence-corrected chi connectivity index (χ2v) is 7.09. The van der Waals surface area contributed by atoms with E-state index in [2.05, 4.69) is 5.32 Å². The highest BCUT2D eigenvalue weighted by Gasteiger charge is 2.15. The topological polar surface area (TPSA) is 75.6 Å². The summed E-state index contributed by atoms with van der Waals surface area (Å²) in [5.74, 6) is 1.26. The van der Waals surface area contributed by atoms with E-state index in [1.165, 1.54) is 0 Å². The number of carbonyl (C=O) groups is 1. The molecule has 0 saturated carbocycles. The number of nitrogens with one attached hydrogen (secondary N) is 1. The van der Waals surface area contributed by atoms with Gasteiger partial charge in [0.2, 0.25) is 0 Å². The number of anilines is 1. The lowest BCUT2D eigenvalue weighted by molar-refractivity contribution is 0.0997. The quantitative estimate of drug-likeness (QED) is 0.394. The molecular formula is C22H15Cl2NO4. The first kappa shape index (κ1) is 19.3. The van der Waals surface area contributed by atoms with Gasteiger partial charge in [-0.25, -0.2) is 0 Å². The number of benzene rings is 2. The molecule has 0 spiro atoms. The van der Waals surface area contributed by atoms with Crippen molar-refractivity contribution in [1.82, 2.24) is 0 Å². The first-order chi connectivity index (χ1) is 14.0. The third-order valence-electron chi connectivity index (χ3n) is 4.25. The Labute approximate surface area is 176 Å². The molecule has 0 aliphatic rings. The largest absolute Gasteiger partial charge is 0.459 e. The van der Waals surface area contributed by atoms with Crippen LogP contribution in [0.3, 0.4) is 0 Å². The maximum Gasteiger partial charge on any atom is 0.291 e. The lowest BCUT2D eigenvalue weighted by atomic mass is 10.1. The summed E-state index contributed by atoms with van der Waals surface area (Å²) in [6, 6.07) is 18.9. The number of amides is 1. The van der Waals surface area contributed by atoms with Gasteiger partial charge in [0.25, 0.3) is 5.91 Å². The van der Waals surface area contributed by atoms with Gasteiger partial charge in [0.15, 0.2) is 5.76 Å². The fraction of sp³-hybridized carbons (Fsp3) is 0.0455. The van der Waals surface area contributed by atoms with Crippen LogP contribution in [-0.2, 0) is 6.61 Å². The van der Waals surface area contributed by atoms with Crippen LogP contribution >= 0.6 is 23.2 Å². The van der Waals surface area contributed by atoms with Crippen molar-refractivity contribution in [1.29, 1.82) is 0 Å². The van der Waals surface area contributed by atoms with Crippen LogP contribution in [-0.4, -0.2) is 11.0 Å². The Hall–Kier alpha value is -2.99. The van der Waals surface area contributed by atoms with Crippen molar-refractivity contribution in [2.24, 2.45) is 0 Å². The minimum Gasteiger partial charge on any atom is -0.459 e. The highest BCUT2D eigenvalue weighted by Crippen LogP contribution is 2.32. The average molecular weight is 428 g/mol. The number of aliphatic hydroxyl groups is 1. The summed E-state index contributed by atoms with van der Waals surface area (Å²) < 4.78 is 11.2. The van der Waals surface area contributed by atoms with E-state index in [0.29, 0.717) is 38.6 Å². The molecule has 7 heteroatoms. The minimum atomic E-state index is -0.401. The molecule has 2 aromatic carbocycles. The van der Waals surface area contributed by atoms with Gasteiger partial charge in [0, 0.05) is 21.8 Å². The predicted molar refractivity (Wildman–Crippen MR) is 112 cm³/mol. The highest BCUT2D eigenvalue weighted by atomic mass is 35.5. The van der Waals surface area contributed by atoms with Crippen LogP contribution in [0.1, 0.15) is 16.3 Å². The summed E-state index contributed by atoms with van der Waals surface area (Å²) >= 11 is 12.2. The lowest BCUT2D eigenvalue weighted by Gasteiger charge is -2.05. The number of furan rings is 2. The summed E-state index contributed by atoms with van der Waals surface area (Å²) in [4.78, 5) is 12.6. The molecule has 2 heterocycles. The Morgan fingerprint density at radius 3 is 2.55 bits per heavy atom. The molecule has 0 unspecified atom stereocenters. The van der Waals surface area contributed by atoms with Crippen molar-refractivity contribution in [3.05, 3.63) is 88.3 Å². The van der Waals surface area contributed by atoms with Crippen molar-refractivity contribution in [2.45, 2.75) is 6.61 Å². The standard InChI is InChI=1S/C22H15Cl2NO4/c23-14-4-6-18(24)17(11-14)20-8-9-21(29-20)22(27)25-15-3-1-2-13(10-15)19-7-5-16(12-26)28-19/h1-11,26H,12H2,(H,25,27). The number of aliphatic hydroxyl groups excluding tert-OH is 1. The number of rotatable bonds is 5. The first-order valence-corrected chi connectivity index (χ1v) is 9.46. The van der Waals surface area contributed by atoms with Crippen molar-refractivity contribution in [3.8, 4) is 22.6 Å². The number of carbonyl (C=O) groups excluding carboxylic acids is 1. The monoisotopic (exact) mass is 427 g/mol. The van der Waals surface area contributed by atoms with Crippen molar-refractivity contribution >= 4 is 34.8 Å². The molecule has 0 atom stereocenters. The normalized spacial score (nSPS) is 10.9. The molecule has 0 bridgehead atoms. The predicted octanol–water partition coefficient (Wildman–Crippen LogP) is 6.26. The fourth-order valence-corrected chi connectivity index (χ4v) is 3.23. The molecule has 5 nitrogen and oxygen atoms in total. The smallest absolute Gasteiger partial charge is 0.291 e. The first-order valence-electron chi connectivity index (χ1n) is 8.70. The van der Waals surface area contributed by atoms with E-state index >= 15 is 0 Å². The van der Waals surface area contributed by atoms with Crippen molar-refractivity contribution in [2.75, 3.05) is 5.32 Å². The van der Waals surface area contributed by atoms with E-state index in [4.69, 9.17) is 37.1 Å². The molecule has 0 radical (unpaired) electrons. The van der Waals surface area contributed by atoms with Gasteiger partial charge in [-0.2, -0.15) is 0 Å². The van der Waals surface area contributed by atoms with E-state index < -0.39 is 5.91 Å². The molecule has 4 rings (SSSR count). The minimum absolute atomic E-state index is 0.141. The van der Waals surface area contributed by atoms with Crippen LogP contribution in [0, 0.1) is 0 Å². The van der Waals surface area contributed by atoms with Crippen LogP contribution in [0.25, 0.3) is 22.6 Å². The van der Waals surface area contributed by atoms with Crippen LogP contribution in [0.5, 0.6) is 0 Å². The molecule has 29 heavy (non-hydrogen) atoms. The van der Waals surface area contributed by atoms with E-state index in [9.17, 15) is 4.79 Å². The second kappa shape index (κ2) is 8.17. The molecule has 0 saturated heterocycles. The van der Waals surface area contributed by atoms with Gasteiger partial charge in [0.05, 0.1) is 5.02 Å². The molecular weight excluding hydrogens is 413 g/mol. The van der Waals surface area contributed by atoms with Gasteiger partial charge in [-0.3, -0.25) is 4.79 Å². The van der Waals surface area contributed by atoms with E-state index in [0.717, 1.165) is 5.56 Å². The van der Waals surface area contributed by atoms with Crippen LogP contribution < -0.4 is 5.32 Å². The second-order valence-electron chi connectivity index (χ2n) is 6.25. The maximum absolute atomic E-state index is 12.6. The Morgan fingerprint density at radius 2 is 1.76 bits per heavy atom. The summed E-state index contributed by atoms with van der Waals surface area (Å²) in [6.07, 6.45) is 0. The molecule has 0 aliphatic heterocycles. The van der Waals surface area contributed by atoms with Crippen LogP contribution in [0.15, 0.2) is 75.6 Å². The maximum atomic E-state index is 12.6. The van der Waals surface area contributed by atoms with Crippen LogP contribution in [0.4, 0.5) is 5.69 Å². The molecule has 0 fully saturated rings. The van der Waals surface area contributed by atoms with E-state index in [1.54, 1.807) is 60.7 Å². The molecule has 2 aromatic heterocycles. The Balaban J connectivity index is 1.54. The Bertz CT molecular complexity index is 1180. The third kappa shape index (κ3) is 4.22. The zero-order valence-corrected chi connectivity index (χ0v) is 16.5. The SMILES string of the molecule is O=C(Nc1cccc(-c2ccc(CO)o2)c1)c1ccc(-c2cc(Cl)ccc2Cl)o1. The van der Waals surface area contributed by atoms with Gasteiger partial charge in [0.1, 0.15) is 23.9 Å². The summed E-state index contributed by atoms with van der Waals surface area (Å²) in [5, 5.41) is 12.9. The zero-order valence-electron chi connectivity index (χ0n) is 15.0. The number of halogens is 2. The molecule has 146 valence electrons. The summed E-state index contributed by atoms with van der Waals surface area (Å²) in [7, 11) is 0. The fourth-order valence-electron chi connectivity index (χ4n) is 2.85. The third-order valence-corrected chi connectivity index (χ3v) is 4.81. The van der Waals surface area contributed by atoms with E-state index in [-0.39, 0.29) is 12.4 Å². The Morgan fingerprint density at radius 1 is 0.931 bits per heavy atom. The van der Waals surface area contributed by atoms with Gasteiger partial charge < -0.3 is 19.3 Å². The van der Waals surface area contributed by atoms with Gasteiger partial charge in [-0.15, -0.1) is 0 Å². The lowest BCUT2D eigenvalue weighted by Crippen LogP contribution is -2.10. The number of hydrogen-bond acceptors (Lipinski definition) is 4. The van der Waals surface area contributed by atoms with Crippen LogP contribution in [0.2, 0.25) is 10.0 Å². The summed E-state index contributed by atoms with van der Waals surface area (Å²) in [6.45, 7) is -0.173. The summed E-state index contributed by atoms with van der Waals surface area (Å²) in [5.41, 5.74) is 1.96. The van der Waals surface area contributed by atoms with E-state index in [1.807, 2.05) is 6.07 Å². The molecule has 2 N–H and O–H groups in total. The average Bonchev–Trinajstić information content (AvgIpc) is 3.40. The van der Waals surface area contributed by atoms with Gasteiger partial charge >= 0.3 is 0 Å². The molecule has 1 amide bonds. The van der Waals surface area contributed by atoms with Crippen molar-refractivity contribution in [3.63, 3.8) is 0 Å². The van der Waals surface area contributed by atoms with Gasteiger partial charge in [-0.1, -0.05) is 35.3 Å². The number of hydrogen-bond donors (Lipinski definition) is 2. The molecule has 4 aromatic rings. The van der Waals surface area contributed by atoms with Gasteiger partial charge in [-0.05, 0) is 54.6 Å². The Kier molecular flexibility index (Phi) is 5.45. The molecule has 0 aliphatic carbocycles. The highest BCUT2D eigenvalue weighted by molar-refractivity contribution is 6.35. The zero-order chi connectivity index (χ0) is 20.4.